The zero-order valence-electron chi connectivity index (χ0n) is 11.0. The van der Waals surface area contributed by atoms with Gasteiger partial charge in [0.25, 0.3) is 0 Å². The molecule has 102 valence electrons. The highest BCUT2D eigenvalue weighted by molar-refractivity contribution is 7.99. The maximum Gasteiger partial charge on any atom is 0.184 e. The van der Waals surface area contributed by atoms with E-state index in [0.29, 0.717) is 0 Å². The lowest BCUT2D eigenvalue weighted by Crippen LogP contribution is -2.25. The summed E-state index contributed by atoms with van der Waals surface area (Å²) < 4.78 is 5.18. The molecule has 0 aliphatic carbocycles. The molecule has 0 fully saturated rings. The number of methoxy groups -OCH3 is 1. The minimum absolute atomic E-state index is 0.0588. The molecule has 3 N–H and O–H groups in total. The van der Waals surface area contributed by atoms with E-state index < -0.39 is 0 Å². The number of nitrogens with zero attached hydrogens (tertiary/aromatic N) is 2. The highest BCUT2D eigenvalue weighted by Crippen LogP contribution is 2.36. The van der Waals surface area contributed by atoms with Crippen LogP contribution in [0.15, 0.2) is 35.7 Å². The van der Waals surface area contributed by atoms with E-state index in [9.17, 15) is 0 Å². The molecule has 2 unspecified atom stereocenters. The van der Waals surface area contributed by atoms with Gasteiger partial charge in [-0.25, -0.2) is 4.98 Å². The first-order valence-electron chi connectivity index (χ1n) is 6.16. The Morgan fingerprint density at radius 2 is 2.11 bits per heavy atom. The van der Waals surface area contributed by atoms with Crippen molar-refractivity contribution in [2.24, 2.45) is 5.73 Å². The SMILES string of the molecule is CCC(N)C(Sc1ncn[nH]1)c1ccc(OC)cc1. The van der Waals surface area contributed by atoms with Crippen LogP contribution in [0.2, 0.25) is 0 Å². The van der Waals surface area contributed by atoms with Crippen LogP contribution in [0.1, 0.15) is 24.2 Å². The minimum atomic E-state index is 0.0588. The summed E-state index contributed by atoms with van der Waals surface area (Å²) in [5, 5.41) is 7.65. The van der Waals surface area contributed by atoms with Gasteiger partial charge in [0.1, 0.15) is 12.1 Å². The summed E-state index contributed by atoms with van der Waals surface area (Å²) in [7, 11) is 1.66. The highest BCUT2D eigenvalue weighted by Gasteiger charge is 2.21. The van der Waals surface area contributed by atoms with Crippen molar-refractivity contribution in [1.82, 2.24) is 15.2 Å². The van der Waals surface area contributed by atoms with Crippen molar-refractivity contribution in [2.45, 2.75) is 29.8 Å². The first-order valence-corrected chi connectivity index (χ1v) is 7.04. The minimum Gasteiger partial charge on any atom is -0.497 e. The Bertz CT molecular complexity index is 486. The van der Waals surface area contributed by atoms with E-state index in [0.717, 1.165) is 22.9 Å². The molecule has 0 aliphatic heterocycles. The van der Waals surface area contributed by atoms with Crippen LogP contribution < -0.4 is 10.5 Å². The normalized spacial score (nSPS) is 14.1. The fourth-order valence-electron chi connectivity index (χ4n) is 1.78. The molecule has 5 nitrogen and oxygen atoms in total. The lowest BCUT2D eigenvalue weighted by atomic mass is 10.0. The van der Waals surface area contributed by atoms with Crippen molar-refractivity contribution < 1.29 is 4.74 Å². The number of thioether (sulfide) groups is 1. The molecule has 2 aromatic rings. The number of H-pyrrole nitrogens is 1. The molecule has 1 aromatic heterocycles. The first-order chi connectivity index (χ1) is 9.24. The first kappa shape index (κ1) is 13.9. The van der Waals surface area contributed by atoms with E-state index in [2.05, 4.69) is 22.1 Å². The molecule has 0 bridgehead atoms. The van der Waals surface area contributed by atoms with Gasteiger partial charge in [0.15, 0.2) is 5.16 Å². The smallest absolute Gasteiger partial charge is 0.184 e. The van der Waals surface area contributed by atoms with Crippen molar-refractivity contribution in [2.75, 3.05) is 7.11 Å². The van der Waals surface area contributed by atoms with Crippen molar-refractivity contribution >= 4 is 11.8 Å². The van der Waals surface area contributed by atoms with Gasteiger partial charge in [-0.3, -0.25) is 5.10 Å². The predicted molar refractivity (Wildman–Crippen MR) is 76.2 cm³/mol. The monoisotopic (exact) mass is 278 g/mol. The van der Waals surface area contributed by atoms with Crippen LogP contribution in [0.5, 0.6) is 5.75 Å². The predicted octanol–water partition coefficient (Wildman–Crippen LogP) is 2.38. The number of benzene rings is 1. The Morgan fingerprint density at radius 1 is 1.37 bits per heavy atom. The largest absolute Gasteiger partial charge is 0.497 e. The molecule has 0 saturated carbocycles. The summed E-state index contributed by atoms with van der Waals surface area (Å²) in [6.07, 6.45) is 2.41. The van der Waals surface area contributed by atoms with Gasteiger partial charge in [-0.2, -0.15) is 5.10 Å². The molecule has 0 aliphatic rings. The van der Waals surface area contributed by atoms with Crippen molar-refractivity contribution in [1.29, 1.82) is 0 Å². The van der Waals surface area contributed by atoms with Gasteiger partial charge in [0, 0.05) is 6.04 Å². The number of rotatable bonds is 6. The Hall–Kier alpha value is -1.53. The third kappa shape index (κ3) is 3.48. The third-order valence-corrected chi connectivity index (χ3v) is 4.23. The zero-order valence-corrected chi connectivity index (χ0v) is 11.9. The van der Waals surface area contributed by atoms with Crippen LogP contribution in [-0.2, 0) is 0 Å². The van der Waals surface area contributed by atoms with Gasteiger partial charge in [0.05, 0.1) is 12.4 Å². The summed E-state index contributed by atoms with van der Waals surface area (Å²) in [5.41, 5.74) is 7.39. The number of hydrogen-bond donors (Lipinski definition) is 2. The van der Waals surface area contributed by atoms with E-state index in [1.165, 1.54) is 6.33 Å². The van der Waals surface area contributed by atoms with Gasteiger partial charge in [0.2, 0.25) is 0 Å². The van der Waals surface area contributed by atoms with E-state index >= 15 is 0 Å². The van der Waals surface area contributed by atoms with Crippen LogP contribution in [0.25, 0.3) is 0 Å². The Morgan fingerprint density at radius 3 is 2.63 bits per heavy atom. The lowest BCUT2D eigenvalue weighted by Gasteiger charge is -2.21. The van der Waals surface area contributed by atoms with E-state index in [1.54, 1.807) is 18.9 Å². The Kier molecular flexibility index (Phi) is 4.81. The number of nitrogens with one attached hydrogen (secondary N) is 1. The van der Waals surface area contributed by atoms with Gasteiger partial charge in [-0.1, -0.05) is 30.8 Å². The number of aromatic nitrogens is 3. The summed E-state index contributed by atoms with van der Waals surface area (Å²) in [4.78, 5) is 4.15. The quantitative estimate of drug-likeness (QED) is 0.793. The van der Waals surface area contributed by atoms with Crippen LogP contribution in [0.4, 0.5) is 0 Å². The van der Waals surface area contributed by atoms with Crippen molar-refractivity contribution in [3.05, 3.63) is 36.2 Å². The van der Waals surface area contributed by atoms with Gasteiger partial charge >= 0.3 is 0 Å². The number of ether oxygens (including phenoxy) is 1. The van der Waals surface area contributed by atoms with E-state index in [1.807, 2.05) is 24.3 Å². The van der Waals surface area contributed by atoms with E-state index in [4.69, 9.17) is 10.5 Å². The number of aromatic amines is 1. The number of nitrogens with two attached hydrogens (primary N) is 1. The van der Waals surface area contributed by atoms with E-state index in [-0.39, 0.29) is 11.3 Å². The Labute approximate surface area is 117 Å². The average molecular weight is 278 g/mol. The third-order valence-electron chi connectivity index (χ3n) is 2.94. The fourth-order valence-corrected chi connectivity index (χ4v) is 2.90. The summed E-state index contributed by atoms with van der Waals surface area (Å²) in [5.74, 6) is 0.845. The molecular formula is C13H18N4OS. The molecular weight excluding hydrogens is 260 g/mol. The van der Waals surface area contributed by atoms with Crippen molar-refractivity contribution in [3.63, 3.8) is 0 Å². The van der Waals surface area contributed by atoms with Gasteiger partial charge in [-0.15, -0.1) is 0 Å². The van der Waals surface area contributed by atoms with Gasteiger partial charge < -0.3 is 10.5 Å². The molecule has 0 radical (unpaired) electrons. The second kappa shape index (κ2) is 6.58. The summed E-state index contributed by atoms with van der Waals surface area (Å²) >= 11 is 1.60. The zero-order chi connectivity index (χ0) is 13.7. The standard InChI is InChI=1S/C13H18N4OS/c1-3-11(14)12(19-13-15-8-16-17-13)9-4-6-10(18-2)7-5-9/h4-8,11-12H,3,14H2,1-2H3,(H,15,16,17). The van der Waals surface area contributed by atoms with Crippen molar-refractivity contribution in [3.8, 4) is 5.75 Å². The molecule has 1 aromatic carbocycles. The second-order valence-electron chi connectivity index (χ2n) is 4.17. The molecule has 0 amide bonds. The molecule has 2 atom stereocenters. The molecule has 1 heterocycles. The average Bonchev–Trinajstić information content (AvgIpc) is 2.97. The maximum atomic E-state index is 6.22. The molecule has 0 spiro atoms. The number of hydrogen-bond acceptors (Lipinski definition) is 5. The fraction of sp³-hybridized carbons (Fsp3) is 0.385. The lowest BCUT2D eigenvalue weighted by molar-refractivity contribution is 0.414. The molecule has 6 heteroatoms. The molecule has 19 heavy (non-hydrogen) atoms. The summed E-state index contributed by atoms with van der Waals surface area (Å²) in [6, 6.07) is 8.05. The Balaban J connectivity index is 2.20. The molecule has 2 rings (SSSR count). The highest BCUT2D eigenvalue weighted by atomic mass is 32.2. The second-order valence-corrected chi connectivity index (χ2v) is 5.30. The van der Waals surface area contributed by atoms with Crippen LogP contribution in [0.3, 0.4) is 0 Å². The van der Waals surface area contributed by atoms with Gasteiger partial charge in [-0.05, 0) is 24.1 Å². The van der Waals surface area contributed by atoms with Crippen LogP contribution >= 0.6 is 11.8 Å². The topological polar surface area (TPSA) is 76.8 Å². The summed E-state index contributed by atoms with van der Waals surface area (Å²) in [6.45, 7) is 2.09. The van der Waals surface area contributed by atoms with Crippen LogP contribution in [-0.4, -0.2) is 28.3 Å². The van der Waals surface area contributed by atoms with Crippen LogP contribution in [0, 0.1) is 0 Å². The molecule has 0 saturated heterocycles. The maximum absolute atomic E-state index is 6.22.